The average molecular weight is 496 g/mol. The zero-order valence-corrected chi connectivity index (χ0v) is 19.6. The summed E-state index contributed by atoms with van der Waals surface area (Å²) in [5.41, 5.74) is 1.09. The van der Waals surface area contributed by atoms with E-state index < -0.39 is 17.1 Å². The lowest BCUT2D eigenvalue weighted by Gasteiger charge is -2.14. The van der Waals surface area contributed by atoms with Crippen LogP contribution >= 0.6 is 35.0 Å². The van der Waals surface area contributed by atoms with Gasteiger partial charge in [0, 0.05) is 15.6 Å². The van der Waals surface area contributed by atoms with Crippen molar-refractivity contribution in [1.29, 1.82) is 0 Å². The topological polar surface area (TPSA) is 82.1 Å². The number of hydrogen-bond donors (Lipinski definition) is 0. The van der Waals surface area contributed by atoms with Crippen LogP contribution in [0.1, 0.15) is 18.1 Å². The zero-order valence-electron chi connectivity index (χ0n) is 17.2. The largest absolute Gasteiger partial charge is 0.493 e. The number of carbonyl (C=O) groups is 3. The highest BCUT2D eigenvalue weighted by atomic mass is 35.5. The van der Waals surface area contributed by atoms with Crippen molar-refractivity contribution in [3.63, 3.8) is 0 Å². The van der Waals surface area contributed by atoms with Crippen molar-refractivity contribution in [2.75, 3.05) is 20.3 Å². The number of methoxy groups -OCH3 is 1. The number of nitrogens with zero attached hydrogens (tertiary/aromatic N) is 1. The van der Waals surface area contributed by atoms with Crippen LogP contribution in [0, 0.1) is 0 Å². The third-order valence-corrected chi connectivity index (χ3v) is 6.00. The van der Waals surface area contributed by atoms with E-state index in [2.05, 4.69) is 0 Å². The minimum absolute atomic E-state index is 0.0307. The Balaban J connectivity index is 1.80. The molecule has 1 fully saturated rings. The van der Waals surface area contributed by atoms with Crippen LogP contribution in [0.3, 0.4) is 0 Å². The molecule has 1 saturated heterocycles. The van der Waals surface area contributed by atoms with Crippen LogP contribution in [0.2, 0.25) is 10.0 Å². The Morgan fingerprint density at radius 3 is 2.50 bits per heavy atom. The first-order valence-electron chi connectivity index (χ1n) is 9.48. The Labute approximate surface area is 199 Å². The van der Waals surface area contributed by atoms with Gasteiger partial charge in [-0.05, 0) is 54.6 Å². The molecule has 0 saturated carbocycles. The molecule has 0 atom stereocenters. The number of benzene rings is 2. The lowest BCUT2D eigenvalue weighted by atomic mass is 10.1. The maximum absolute atomic E-state index is 12.9. The first-order valence-corrected chi connectivity index (χ1v) is 11.1. The highest BCUT2D eigenvalue weighted by Crippen LogP contribution is 2.37. The molecule has 7 nitrogen and oxygen atoms in total. The number of imide groups is 1. The van der Waals surface area contributed by atoms with Gasteiger partial charge in [0.05, 0.1) is 25.2 Å². The van der Waals surface area contributed by atoms with Crippen LogP contribution in [-0.4, -0.2) is 42.3 Å². The van der Waals surface area contributed by atoms with Crippen LogP contribution in [-0.2, 0) is 20.9 Å². The fourth-order valence-electron chi connectivity index (χ4n) is 2.86. The van der Waals surface area contributed by atoms with Crippen molar-refractivity contribution >= 4 is 58.2 Å². The second-order valence-electron chi connectivity index (χ2n) is 6.47. The van der Waals surface area contributed by atoms with Crippen molar-refractivity contribution in [1.82, 2.24) is 4.90 Å². The SMILES string of the molecule is CCOC(=O)COc1cc(/C=C2\SC(=O)N(Cc3c(Cl)cccc3Cl)C2=O)ccc1OC. The van der Waals surface area contributed by atoms with E-state index in [1.54, 1.807) is 49.4 Å². The maximum atomic E-state index is 12.9. The minimum Gasteiger partial charge on any atom is -0.493 e. The molecule has 0 radical (unpaired) electrons. The second-order valence-corrected chi connectivity index (χ2v) is 8.28. The molecule has 1 aliphatic heterocycles. The van der Waals surface area contributed by atoms with Gasteiger partial charge in [0.2, 0.25) is 0 Å². The highest BCUT2D eigenvalue weighted by Gasteiger charge is 2.35. The third kappa shape index (κ3) is 5.56. The zero-order chi connectivity index (χ0) is 23.3. The summed E-state index contributed by atoms with van der Waals surface area (Å²) in [6, 6.07) is 9.93. The van der Waals surface area contributed by atoms with E-state index in [0.29, 0.717) is 32.7 Å². The Morgan fingerprint density at radius 2 is 1.84 bits per heavy atom. The van der Waals surface area contributed by atoms with Crippen LogP contribution in [0.5, 0.6) is 11.5 Å². The third-order valence-electron chi connectivity index (χ3n) is 4.39. The normalized spacial score (nSPS) is 14.8. The van der Waals surface area contributed by atoms with Gasteiger partial charge in [-0.2, -0.15) is 0 Å². The highest BCUT2D eigenvalue weighted by molar-refractivity contribution is 8.18. The fourth-order valence-corrected chi connectivity index (χ4v) is 4.22. The molecule has 1 aliphatic rings. The number of carbonyl (C=O) groups excluding carboxylic acids is 3. The van der Waals surface area contributed by atoms with Crippen molar-refractivity contribution in [3.8, 4) is 11.5 Å². The molecule has 0 unspecified atom stereocenters. The predicted molar refractivity (Wildman–Crippen MR) is 123 cm³/mol. The molecule has 2 aromatic rings. The lowest BCUT2D eigenvalue weighted by Crippen LogP contribution is -2.27. The molecule has 168 valence electrons. The van der Waals surface area contributed by atoms with Gasteiger partial charge in [-0.25, -0.2) is 4.79 Å². The Bertz CT molecular complexity index is 1070. The van der Waals surface area contributed by atoms with Crippen molar-refractivity contribution in [2.45, 2.75) is 13.5 Å². The summed E-state index contributed by atoms with van der Waals surface area (Å²) in [6.07, 6.45) is 1.57. The van der Waals surface area contributed by atoms with Gasteiger partial charge in [-0.15, -0.1) is 0 Å². The van der Waals surface area contributed by atoms with Gasteiger partial charge in [-0.1, -0.05) is 35.3 Å². The Morgan fingerprint density at radius 1 is 1.12 bits per heavy atom. The van der Waals surface area contributed by atoms with Crippen LogP contribution < -0.4 is 9.47 Å². The van der Waals surface area contributed by atoms with E-state index in [9.17, 15) is 14.4 Å². The number of amides is 2. The first kappa shape index (κ1) is 24.0. The second kappa shape index (κ2) is 10.8. The number of thioether (sulfide) groups is 1. The van der Waals surface area contributed by atoms with Crippen molar-refractivity contribution in [2.24, 2.45) is 0 Å². The summed E-state index contributed by atoms with van der Waals surface area (Å²) < 4.78 is 15.6. The van der Waals surface area contributed by atoms with Gasteiger partial charge in [0.15, 0.2) is 18.1 Å². The molecule has 1 heterocycles. The van der Waals surface area contributed by atoms with Gasteiger partial charge in [-0.3, -0.25) is 14.5 Å². The quantitative estimate of drug-likeness (QED) is 0.368. The predicted octanol–water partition coefficient (Wildman–Crippen LogP) is 5.18. The summed E-state index contributed by atoms with van der Waals surface area (Å²) in [4.78, 5) is 38.2. The summed E-state index contributed by atoms with van der Waals surface area (Å²) in [6.45, 7) is 1.63. The number of halogens is 2. The molecule has 2 aromatic carbocycles. The molecule has 0 aliphatic carbocycles. The first-order chi connectivity index (χ1) is 15.3. The summed E-state index contributed by atoms with van der Waals surface area (Å²) in [7, 11) is 1.47. The van der Waals surface area contributed by atoms with Gasteiger partial charge >= 0.3 is 5.97 Å². The standard InChI is InChI=1S/C22H19Cl2NO6S/c1-3-30-20(26)12-31-18-9-13(7-8-17(18)29-2)10-19-21(27)25(22(28)32-19)11-14-15(23)5-4-6-16(14)24/h4-10H,3,11-12H2,1-2H3/b19-10-. The fraction of sp³-hybridized carbons (Fsp3) is 0.227. The smallest absolute Gasteiger partial charge is 0.344 e. The number of rotatable bonds is 8. The average Bonchev–Trinajstić information content (AvgIpc) is 3.02. The molecular formula is C22H19Cl2NO6S. The molecule has 3 rings (SSSR count). The number of hydrogen-bond acceptors (Lipinski definition) is 7. The summed E-state index contributed by atoms with van der Waals surface area (Å²) >= 11 is 13.2. The molecule has 2 amide bonds. The van der Waals surface area contributed by atoms with E-state index >= 15 is 0 Å². The van der Waals surface area contributed by atoms with Gasteiger partial charge in [0.1, 0.15) is 0 Å². The molecule has 0 aromatic heterocycles. The lowest BCUT2D eigenvalue weighted by molar-refractivity contribution is -0.145. The van der Waals surface area contributed by atoms with E-state index in [0.717, 1.165) is 16.7 Å². The maximum Gasteiger partial charge on any atom is 0.344 e. The Hall–Kier alpha value is -2.68. The Kier molecular flexibility index (Phi) is 8.06. The van der Waals surface area contributed by atoms with Crippen molar-refractivity contribution in [3.05, 3.63) is 62.5 Å². The van der Waals surface area contributed by atoms with E-state index in [4.69, 9.17) is 37.4 Å². The number of esters is 1. The van der Waals surface area contributed by atoms with Gasteiger partial charge < -0.3 is 14.2 Å². The number of ether oxygens (including phenoxy) is 3. The molecule has 10 heteroatoms. The summed E-state index contributed by atoms with van der Waals surface area (Å²) in [5, 5.41) is 0.322. The van der Waals surface area contributed by atoms with Crippen molar-refractivity contribution < 1.29 is 28.6 Å². The van der Waals surface area contributed by atoms with E-state index in [-0.39, 0.29) is 24.7 Å². The monoisotopic (exact) mass is 495 g/mol. The van der Waals surface area contributed by atoms with E-state index in [1.165, 1.54) is 7.11 Å². The minimum atomic E-state index is -0.515. The van der Waals surface area contributed by atoms with Crippen LogP contribution in [0.4, 0.5) is 4.79 Å². The van der Waals surface area contributed by atoms with Crippen LogP contribution in [0.15, 0.2) is 41.3 Å². The molecule has 0 spiro atoms. The molecule has 0 bridgehead atoms. The molecule has 0 N–H and O–H groups in total. The molecular weight excluding hydrogens is 477 g/mol. The summed E-state index contributed by atoms with van der Waals surface area (Å²) in [5.74, 6) is -0.260. The molecule has 32 heavy (non-hydrogen) atoms. The van der Waals surface area contributed by atoms with E-state index in [1.807, 2.05) is 0 Å². The van der Waals surface area contributed by atoms with Gasteiger partial charge in [0.25, 0.3) is 11.1 Å². The van der Waals surface area contributed by atoms with Crippen LogP contribution in [0.25, 0.3) is 6.08 Å².